The molecule has 0 bridgehead atoms. The van der Waals surface area contributed by atoms with Gasteiger partial charge in [0.15, 0.2) is 0 Å². The predicted molar refractivity (Wildman–Crippen MR) is 1.08 cm³/mol. The van der Waals surface area contributed by atoms with Crippen LogP contribution in [0.2, 0.25) is 0 Å². The van der Waals surface area contributed by atoms with Gasteiger partial charge in [0.05, 0.1) is 0 Å². The van der Waals surface area contributed by atoms with E-state index in [0.717, 1.165) is 0 Å². The second kappa shape index (κ2) is 11.2. The van der Waals surface area contributed by atoms with Gasteiger partial charge >= 0.3 is 273 Å². The van der Waals surface area contributed by atoms with Gasteiger partial charge in [-0.05, 0) is 0 Å². The molecule has 0 N–H and O–H groups in total. The molecule has 0 unspecified atom stereocenters. The van der Waals surface area contributed by atoms with Crippen LogP contribution in [0.4, 0.5) is 0 Å². The van der Waals surface area contributed by atoms with Crippen LogP contribution < -0.4 is 271 Å². The molecule has 0 amide bonds. The molecule has 72 valence electrons. The van der Waals surface area contributed by atoms with Gasteiger partial charge in [-0.15, -0.1) is 0 Å². The Kier molecular flexibility index (Phi) is 25.5. The average molecular weight is 554 g/mol. The van der Waals surface area contributed by atoms with E-state index in [4.69, 9.17) is 0 Å². The first-order valence-electron chi connectivity index (χ1n) is 1.54. The molecule has 0 aromatic heterocycles. The first kappa shape index (κ1) is 34.1. The third-order valence-electron chi connectivity index (χ3n) is 0.190. The van der Waals surface area contributed by atoms with E-state index in [9.17, 15) is 27.5 Å². The van der Waals surface area contributed by atoms with E-state index in [1.807, 2.05) is 1.40 Å². The van der Waals surface area contributed by atoms with Gasteiger partial charge in [0.1, 0.15) is 0 Å². The monoisotopic (exact) mass is 554 g/mol. The SMILES string of the molecule is [K+].[K+].[K+].[K+].[O-][I+2]([O-])([O-])([O-])O[I+2]([O-])([O-])([O-])[O-]. The minimum atomic E-state index is -8.56. The van der Waals surface area contributed by atoms with Crippen molar-refractivity contribution in [2.75, 3.05) is 0 Å². The summed E-state index contributed by atoms with van der Waals surface area (Å²) in [5.74, 6) is 0. The fourth-order valence-corrected chi connectivity index (χ4v) is 7.00. The Balaban J connectivity index is -0.0000000833. The van der Waals surface area contributed by atoms with E-state index in [2.05, 4.69) is 0 Å². The minimum absolute atomic E-state index is 0. The summed E-state index contributed by atoms with van der Waals surface area (Å²) in [5.41, 5.74) is 0. The van der Waals surface area contributed by atoms with E-state index in [1.165, 1.54) is 0 Å². The molecular weight excluding hydrogens is 554 g/mol. The van der Waals surface area contributed by atoms with Crippen molar-refractivity contribution >= 4 is 0 Å². The van der Waals surface area contributed by atoms with Crippen LogP contribution in [0.3, 0.4) is 0 Å². The molecule has 0 aromatic rings. The summed E-state index contributed by atoms with van der Waals surface area (Å²) < 4.78 is 77.5. The van der Waals surface area contributed by atoms with Crippen LogP contribution in [0.5, 0.6) is 0 Å². The first-order chi connectivity index (χ1) is 4.21. The normalized spacial score (nSPS) is 15.7. The molecule has 15 heavy (non-hydrogen) atoms. The first-order valence-corrected chi connectivity index (χ1v) is 10.4. The molecule has 0 spiro atoms. The molecule has 0 aromatic carbocycles. The van der Waals surface area contributed by atoms with Crippen LogP contribution in [-0.4, -0.2) is 0 Å². The maximum absolute atomic E-state index is 9.44. The van der Waals surface area contributed by atoms with Crippen LogP contribution in [0.1, 0.15) is 0 Å². The van der Waals surface area contributed by atoms with Gasteiger partial charge in [-0.25, -0.2) is 0 Å². The standard InChI is InChI=1S/I2O9.4K/c3-1(4,5,6)11-2(7,8,9)10;;;;/q-4;4*+1. The Hall–Kier alpha value is 7.65. The zero-order chi connectivity index (χ0) is 9.60. The van der Waals surface area contributed by atoms with E-state index < -0.39 is 38.2 Å². The third-order valence-corrected chi connectivity index (χ3v) is 8.57. The van der Waals surface area contributed by atoms with Crippen molar-refractivity contribution in [2.24, 2.45) is 0 Å². The molecule has 0 aliphatic heterocycles. The van der Waals surface area contributed by atoms with E-state index in [1.54, 1.807) is 0 Å². The average Bonchev–Trinajstić information content (AvgIpc) is 1.04. The molecule has 0 saturated carbocycles. The van der Waals surface area contributed by atoms with Gasteiger partial charge in [-0.2, -0.15) is 0 Å². The molecule has 0 radical (unpaired) electrons. The molecule has 0 aliphatic rings. The van der Waals surface area contributed by atoms with Gasteiger partial charge in [0, 0.05) is 0 Å². The molecule has 9 nitrogen and oxygen atoms in total. The van der Waals surface area contributed by atoms with Gasteiger partial charge in [0.2, 0.25) is 0 Å². The summed E-state index contributed by atoms with van der Waals surface area (Å²) in [5, 5.41) is 0. The van der Waals surface area contributed by atoms with Crippen LogP contribution in [0.25, 0.3) is 0 Å². The zero-order valence-corrected chi connectivity index (χ0v) is 25.2. The number of rotatable bonds is 2. The van der Waals surface area contributed by atoms with E-state index >= 15 is 0 Å². The summed E-state index contributed by atoms with van der Waals surface area (Å²) in [6.07, 6.45) is 0. The molecule has 0 fully saturated rings. The Labute approximate surface area is 263 Å². The summed E-state index contributed by atoms with van der Waals surface area (Å²) in [6, 6.07) is 0. The summed E-state index contributed by atoms with van der Waals surface area (Å²) in [6.45, 7) is 0. The van der Waals surface area contributed by atoms with Crippen LogP contribution in [0, 0.1) is 0 Å². The van der Waals surface area contributed by atoms with Gasteiger partial charge < -0.3 is 0 Å². The Bertz CT molecular complexity index is 138. The summed E-state index contributed by atoms with van der Waals surface area (Å²) in [7, 11) is 0. The number of hydrogen-bond acceptors (Lipinski definition) is 9. The van der Waals surface area contributed by atoms with Gasteiger partial charge in [0.25, 0.3) is 0 Å². The van der Waals surface area contributed by atoms with Crippen LogP contribution in [0.15, 0.2) is 0 Å². The zero-order valence-electron chi connectivity index (χ0n) is 8.43. The summed E-state index contributed by atoms with van der Waals surface area (Å²) >= 11 is -17.1. The number of hydrogen-bond donors (Lipinski definition) is 0. The Morgan fingerprint density at radius 2 is 0.600 bits per heavy atom. The third kappa shape index (κ3) is 34.1. The Morgan fingerprint density at radius 3 is 0.600 bits per heavy atom. The molecule has 0 atom stereocenters. The molecule has 0 aliphatic carbocycles. The molecule has 0 rings (SSSR count). The quantitative estimate of drug-likeness (QED) is 0.235. The van der Waals surface area contributed by atoms with Crippen molar-refractivity contribution in [1.29, 1.82) is 0 Å². The topological polar surface area (TPSA) is 194 Å². The van der Waals surface area contributed by atoms with E-state index in [-0.39, 0.29) is 206 Å². The van der Waals surface area contributed by atoms with Crippen molar-refractivity contribution in [1.82, 2.24) is 0 Å². The predicted octanol–water partition coefficient (Wildman–Crippen LogP) is -27.6. The molecule has 15 heteroatoms. The van der Waals surface area contributed by atoms with Crippen molar-refractivity contribution in [2.45, 2.75) is 0 Å². The van der Waals surface area contributed by atoms with Crippen LogP contribution in [-0.2, 0) is 1.40 Å². The fraction of sp³-hybridized carbons (Fsp3) is 0. The van der Waals surface area contributed by atoms with Gasteiger partial charge in [-0.1, -0.05) is 0 Å². The van der Waals surface area contributed by atoms with Crippen molar-refractivity contribution in [3.8, 4) is 0 Å². The maximum atomic E-state index is 9.44. The number of halogens is 2. The van der Waals surface area contributed by atoms with Crippen molar-refractivity contribution in [3.63, 3.8) is 0 Å². The van der Waals surface area contributed by atoms with Crippen molar-refractivity contribution < 1.29 is 273 Å². The summed E-state index contributed by atoms with van der Waals surface area (Å²) in [4.78, 5) is 0. The van der Waals surface area contributed by atoms with Gasteiger partial charge in [-0.3, -0.25) is 0 Å². The van der Waals surface area contributed by atoms with E-state index in [0.29, 0.717) is 0 Å². The molecule has 0 heterocycles. The molecular formula is I2K4O9. The second-order valence-corrected chi connectivity index (χ2v) is 11.1. The second-order valence-electron chi connectivity index (χ2n) is 1.32. The Morgan fingerprint density at radius 1 is 0.467 bits per heavy atom. The van der Waals surface area contributed by atoms with Crippen molar-refractivity contribution in [3.05, 3.63) is 0 Å². The molecule has 0 saturated heterocycles. The van der Waals surface area contributed by atoms with Crippen LogP contribution >= 0.6 is 0 Å². The fourth-order valence-electron chi connectivity index (χ4n) is 0.156.